The summed E-state index contributed by atoms with van der Waals surface area (Å²) in [6.07, 6.45) is 8.42. The Balaban J connectivity index is 1.37. The first-order valence-corrected chi connectivity index (χ1v) is 10.7. The minimum Gasteiger partial charge on any atom is -0.372 e. The summed E-state index contributed by atoms with van der Waals surface area (Å²) in [5.74, 6) is 0.922. The first kappa shape index (κ1) is 20.9. The van der Waals surface area contributed by atoms with Crippen LogP contribution in [0.5, 0.6) is 0 Å². The molecule has 3 rings (SSSR count). The molecule has 0 saturated carbocycles. The highest BCUT2D eigenvalue weighted by atomic mass is 16.5. The van der Waals surface area contributed by atoms with E-state index in [1.807, 2.05) is 12.1 Å². The average molecular weight is 390 g/mol. The lowest BCUT2D eigenvalue weighted by Crippen LogP contribution is -2.45. The van der Waals surface area contributed by atoms with Crippen molar-refractivity contribution in [2.75, 3.05) is 49.5 Å². The summed E-state index contributed by atoms with van der Waals surface area (Å²) in [4.78, 5) is 21.4. The van der Waals surface area contributed by atoms with Gasteiger partial charge in [-0.25, -0.2) is 9.78 Å². The summed E-state index contributed by atoms with van der Waals surface area (Å²) >= 11 is 0. The lowest BCUT2D eigenvalue weighted by atomic mass is 10.2. The van der Waals surface area contributed by atoms with Crippen molar-refractivity contribution in [3.63, 3.8) is 0 Å². The van der Waals surface area contributed by atoms with E-state index in [1.54, 1.807) is 6.20 Å². The highest BCUT2D eigenvalue weighted by Gasteiger charge is 2.23. The molecule has 3 heterocycles. The third-order valence-electron chi connectivity index (χ3n) is 5.38. The van der Waals surface area contributed by atoms with E-state index in [1.165, 1.54) is 38.8 Å². The van der Waals surface area contributed by atoms with Crippen LogP contribution in [0, 0.1) is 0 Å². The summed E-state index contributed by atoms with van der Waals surface area (Å²) < 4.78 is 5.77. The molecule has 2 fully saturated rings. The number of ether oxygens (including phenoxy) is 1. The molecule has 0 unspecified atom stereocenters. The van der Waals surface area contributed by atoms with Gasteiger partial charge in [0.1, 0.15) is 5.82 Å². The van der Waals surface area contributed by atoms with Crippen molar-refractivity contribution < 1.29 is 9.53 Å². The zero-order chi connectivity index (χ0) is 19.8. The Hall–Kier alpha value is -1.86. The second-order valence-electron chi connectivity index (χ2n) is 8.06. The molecule has 7 heteroatoms. The van der Waals surface area contributed by atoms with Gasteiger partial charge < -0.3 is 25.2 Å². The van der Waals surface area contributed by atoms with Gasteiger partial charge in [-0.05, 0) is 64.9 Å². The number of hydrogen-bond donors (Lipinski definition) is 2. The van der Waals surface area contributed by atoms with Crippen LogP contribution in [0.2, 0.25) is 0 Å². The predicted octanol–water partition coefficient (Wildman–Crippen LogP) is 3.08. The molecule has 2 aliphatic heterocycles. The number of nitrogens with zero attached hydrogens (tertiary/aromatic N) is 3. The highest BCUT2D eigenvalue weighted by molar-refractivity contribution is 5.89. The fraction of sp³-hybridized carbons (Fsp3) is 0.714. The summed E-state index contributed by atoms with van der Waals surface area (Å²) in [6, 6.07) is 3.70. The maximum Gasteiger partial charge on any atom is 0.319 e. The van der Waals surface area contributed by atoms with Crippen LogP contribution in [-0.4, -0.2) is 67.4 Å². The third-order valence-corrected chi connectivity index (χ3v) is 5.38. The standard InChI is InChI=1S/C21H35N5O2/c1-17-15-26(16-18(2)28-17)20-9-8-19(14-23-20)24-21(27)22-10-7-13-25-11-5-3-4-6-12-25/h8-9,14,17-18H,3-7,10-13,15-16H2,1-2H3,(H2,22,24,27)/t17-,18-/m1/s1. The van der Waals surface area contributed by atoms with E-state index < -0.39 is 0 Å². The molecule has 2 amide bonds. The number of anilines is 2. The highest BCUT2D eigenvalue weighted by Crippen LogP contribution is 2.19. The molecule has 2 aliphatic rings. The zero-order valence-corrected chi connectivity index (χ0v) is 17.3. The number of likely N-dealkylation sites (tertiary alicyclic amines) is 1. The second-order valence-corrected chi connectivity index (χ2v) is 8.06. The molecular weight excluding hydrogens is 354 g/mol. The van der Waals surface area contributed by atoms with Gasteiger partial charge in [0.2, 0.25) is 0 Å². The Labute approximate surface area is 168 Å². The average Bonchev–Trinajstić information content (AvgIpc) is 2.94. The maximum absolute atomic E-state index is 12.1. The van der Waals surface area contributed by atoms with Gasteiger partial charge in [-0.2, -0.15) is 0 Å². The number of morpholine rings is 1. The Morgan fingerprint density at radius 3 is 2.50 bits per heavy atom. The Kier molecular flexibility index (Phi) is 7.91. The first-order chi connectivity index (χ1) is 13.6. The molecule has 1 aromatic rings. The van der Waals surface area contributed by atoms with Crippen molar-refractivity contribution in [3.05, 3.63) is 18.3 Å². The number of hydrogen-bond acceptors (Lipinski definition) is 5. The fourth-order valence-corrected chi connectivity index (χ4v) is 4.05. The van der Waals surface area contributed by atoms with E-state index in [-0.39, 0.29) is 18.2 Å². The van der Waals surface area contributed by atoms with Crippen LogP contribution in [0.25, 0.3) is 0 Å². The van der Waals surface area contributed by atoms with Crippen LogP contribution >= 0.6 is 0 Å². The normalized spacial score (nSPS) is 23.9. The number of pyridine rings is 1. The number of carbonyl (C=O) groups is 1. The number of amides is 2. The van der Waals surface area contributed by atoms with Gasteiger partial charge in [-0.3, -0.25) is 0 Å². The monoisotopic (exact) mass is 389 g/mol. The van der Waals surface area contributed by atoms with Crippen LogP contribution in [0.1, 0.15) is 46.0 Å². The molecule has 0 radical (unpaired) electrons. The van der Waals surface area contributed by atoms with Crippen molar-refractivity contribution in [1.29, 1.82) is 0 Å². The molecule has 0 bridgehead atoms. The summed E-state index contributed by atoms with van der Waals surface area (Å²) in [5.41, 5.74) is 0.711. The second kappa shape index (κ2) is 10.6. The lowest BCUT2D eigenvalue weighted by Gasteiger charge is -2.36. The Bertz CT molecular complexity index is 591. The van der Waals surface area contributed by atoms with E-state index in [4.69, 9.17) is 4.74 Å². The van der Waals surface area contributed by atoms with Crippen molar-refractivity contribution in [2.45, 2.75) is 58.2 Å². The largest absolute Gasteiger partial charge is 0.372 e. The summed E-state index contributed by atoms with van der Waals surface area (Å²) in [7, 11) is 0. The van der Waals surface area contributed by atoms with Crippen molar-refractivity contribution in [2.24, 2.45) is 0 Å². The van der Waals surface area contributed by atoms with E-state index >= 15 is 0 Å². The Morgan fingerprint density at radius 2 is 1.86 bits per heavy atom. The van der Waals surface area contributed by atoms with E-state index in [0.29, 0.717) is 12.2 Å². The molecule has 0 spiro atoms. The summed E-state index contributed by atoms with van der Waals surface area (Å²) in [6.45, 7) is 9.98. The fourth-order valence-electron chi connectivity index (χ4n) is 4.05. The lowest BCUT2D eigenvalue weighted by molar-refractivity contribution is -0.00545. The molecule has 2 N–H and O–H groups in total. The SMILES string of the molecule is C[C@@H]1CN(c2ccc(NC(=O)NCCCN3CCCCCC3)cn2)C[C@@H](C)O1. The smallest absolute Gasteiger partial charge is 0.319 e. The van der Waals surface area contributed by atoms with Crippen molar-refractivity contribution >= 4 is 17.5 Å². The first-order valence-electron chi connectivity index (χ1n) is 10.7. The molecule has 156 valence electrons. The van der Waals surface area contributed by atoms with Crippen LogP contribution in [0.4, 0.5) is 16.3 Å². The quantitative estimate of drug-likeness (QED) is 0.732. The minimum absolute atomic E-state index is 0.168. The minimum atomic E-state index is -0.168. The van der Waals surface area contributed by atoms with E-state index in [2.05, 4.69) is 39.3 Å². The summed E-state index contributed by atoms with van der Waals surface area (Å²) in [5, 5.41) is 5.81. The molecular formula is C21H35N5O2. The van der Waals surface area contributed by atoms with Gasteiger partial charge in [0, 0.05) is 19.6 Å². The van der Waals surface area contributed by atoms with Crippen molar-refractivity contribution in [3.8, 4) is 0 Å². The number of urea groups is 1. The van der Waals surface area contributed by atoms with Crippen LogP contribution in [-0.2, 0) is 4.74 Å². The molecule has 0 aromatic carbocycles. The number of nitrogens with one attached hydrogen (secondary N) is 2. The van der Waals surface area contributed by atoms with E-state index in [9.17, 15) is 4.79 Å². The van der Waals surface area contributed by atoms with Crippen LogP contribution in [0.3, 0.4) is 0 Å². The number of carbonyl (C=O) groups excluding carboxylic acids is 1. The zero-order valence-electron chi connectivity index (χ0n) is 17.3. The molecule has 28 heavy (non-hydrogen) atoms. The third kappa shape index (κ3) is 6.63. The van der Waals surface area contributed by atoms with Gasteiger partial charge in [0.25, 0.3) is 0 Å². The number of rotatable bonds is 6. The predicted molar refractivity (Wildman–Crippen MR) is 113 cm³/mol. The van der Waals surface area contributed by atoms with Crippen molar-refractivity contribution in [1.82, 2.24) is 15.2 Å². The van der Waals surface area contributed by atoms with E-state index in [0.717, 1.165) is 31.9 Å². The van der Waals surface area contributed by atoms with Gasteiger partial charge in [0.15, 0.2) is 0 Å². The molecule has 2 saturated heterocycles. The Morgan fingerprint density at radius 1 is 1.14 bits per heavy atom. The molecule has 1 aromatic heterocycles. The van der Waals surface area contributed by atoms with Gasteiger partial charge in [-0.15, -0.1) is 0 Å². The van der Waals surface area contributed by atoms with Crippen LogP contribution < -0.4 is 15.5 Å². The molecule has 0 aliphatic carbocycles. The number of aromatic nitrogens is 1. The topological polar surface area (TPSA) is 69.7 Å². The van der Waals surface area contributed by atoms with Gasteiger partial charge >= 0.3 is 6.03 Å². The van der Waals surface area contributed by atoms with Gasteiger partial charge in [0.05, 0.1) is 24.1 Å². The van der Waals surface area contributed by atoms with Gasteiger partial charge in [-0.1, -0.05) is 12.8 Å². The van der Waals surface area contributed by atoms with Crippen LogP contribution in [0.15, 0.2) is 18.3 Å². The maximum atomic E-state index is 12.1. The molecule has 7 nitrogen and oxygen atoms in total. The molecule has 2 atom stereocenters.